The summed E-state index contributed by atoms with van der Waals surface area (Å²) in [7, 11) is 0. The Morgan fingerprint density at radius 2 is 1.65 bits per heavy atom. The molecule has 1 aliphatic heterocycles. The van der Waals surface area contributed by atoms with E-state index in [-0.39, 0.29) is 24.9 Å². The molecule has 0 unspecified atom stereocenters. The zero-order valence-electron chi connectivity index (χ0n) is 20.9. The van der Waals surface area contributed by atoms with Crippen molar-refractivity contribution in [1.82, 2.24) is 10.2 Å². The van der Waals surface area contributed by atoms with E-state index in [4.69, 9.17) is 4.74 Å². The van der Waals surface area contributed by atoms with Crippen molar-refractivity contribution in [3.8, 4) is 0 Å². The number of hydrogen-bond donors (Lipinski definition) is 4. The summed E-state index contributed by atoms with van der Waals surface area (Å²) in [5.74, 6) is 2.64. The van der Waals surface area contributed by atoms with Gasteiger partial charge >= 0.3 is 0 Å². The van der Waals surface area contributed by atoms with Crippen LogP contribution in [0.5, 0.6) is 0 Å². The molecule has 5 fully saturated rings. The second-order valence-electron chi connectivity index (χ2n) is 11.6. The van der Waals surface area contributed by atoms with Crippen LogP contribution in [0.25, 0.3) is 0 Å². The molecule has 198 valence electrons. The van der Waals surface area contributed by atoms with Gasteiger partial charge in [0.25, 0.3) is 0 Å². The Bertz CT molecular complexity index is 615. The number of hydrogen-bond acceptors (Lipinski definition) is 6. The third kappa shape index (κ3) is 6.27. The lowest BCUT2D eigenvalue weighted by Crippen LogP contribution is -2.50. The normalized spacial score (nSPS) is 38.8. The van der Waals surface area contributed by atoms with Gasteiger partial charge in [-0.2, -0.15) is 0 Å². The van der Waals surface area contributed by atoms with Gasteiger partial charge in [-0.3, -0.25) is 9.69 Å². The number of rotatable bonds is 13. The molecule has 0 spiro atoms. The lowest BCUT2D eigenvalue weighted by molar-refractivity contribution is -0.129. The minimum atomic E-state index is -1.17. The summed E-state index contributed by atoms with van der Waals surface area (Å²) in [4.78, 5) is 14.5. The van der Waals surface area contributed by atoms with Crippen molar-refractivity contribution in [2.24, 2.45) is 23.2 Å². The molecule has 0 aromatic rings. The van der Waals surface area contributed by atoms with Crippen molar-refractivity contribution in [1.29, 1.82) is 0 Å². The third-order valence-electron chi connectivity index (χ3n) is 8.91. The fourth-order valence-electron chi connectivity index (χ4n) is 7.75. The highest BCUT2D eigenvalue weighted by atomic mass is 35.5. The highest BCUT2D eigenvalue weighted by Crippen LogP contribution is 2.60. The smallest absolute Gasteiger partial charge is 0.240 e. The first-order valence-corrected chi connectivity index (χ1v) is 13.5. The summed E-state index contributed by atoms with van der Waals surface area (Å²) >= 11 is 0. The number of nitrogens with one attached hydrogen (secondary N) is 1. The Labute approximate surface area is 211 Å². The molecular formula is C26H47ClN2O5. The fraction of sp³-hybridized carbons (Fsp3) is 0.962. The zero-order valence-corrected chi connectivity index (χ0v) is 21.7. The summed E-state index contributed by atoms with van der Waals surface area (Å²) in [5.41, 5.74) is 0.478. The second kappa shape index (κ2) is 12.7. The Kier molecular flexibility index (Phi) is 10.5. The van der Waals surface area contributed by atoms with E-state index in [2.05, 4.69) is 12.2 Å². The monoisotopic (exact) mass is 502 g/mol. The van der Waals surface area contributed by atoms with Gasteiger partial charge in [-0.05, 0) is 93.9 Å². The van der Waals surface area contributed by atoms with Gasteiger partial charge in [0.2, 0.25) is 5.91 Å². The molecule has 4 N–H and O–H groups in total. The number of aliphatic hydroxyl groups excluding tert-OH is 3. The molecule has 4 bridgehead atoms. The van der Waals surface area contributed by atoms with Crippen LogP contribution in [0.3, 0.4) is 0 Å². The number of aliphatic hydroxyl groups is 3. The van der Waals surface area contributed by atoms with Crippen LogP contribution in [-0.2, 0) is 9.53 Å². The molecule has 4 aliphatic carbocycles. The van der Waals surface area contributed by atoms with Crippen molar-refractivity contribution < 1.29 is 24.9 Å². The van der Waals surface area contributed by atoms with Gasteiger partial charge < -0.3 is 25.4 Å². The van der Waals surface area contributed by atoms with E-state index < -0.39 is 24.3 Å². The standard InChI is InChI=1S/C26H46N2O5.ClH/c1-2-3-8-28-21(16-29)23(30)24(31)22(28)25(32)27-7-5-4-6-9-33-17-26-13-18-10-19(14-26)12-20(11-18)15-26;/h18-24,29-31H,2-17H2,1H3,(H,27,32);1H/t18?,19?,20?,21-,22+,23-,24-,26?;/m0./s1. The fourth-order valence-corrected chi connectivity index (χ4v) is 7.75. The van der Waals surface area contributed by atoms with E-state index in [1.807, 2.05) is 0 Å². The van der Waals surface area contributed by atoms with Crippen molar-refractivity contribution in [3.63, 3.8) is 0 Å². The van der Waals surface area contributed by atoms with Crippen molar-refractivity contribution in [2.45, 2.75) is 102 Å². The van der Waals surface area contributed by atoms with Crippen LogP contribution < -0.4 is 5.32 Å². The number of nitrogens with zero attached hydrogens (tertiary/aromatic N) is 1. The Morgan fingerprint density at radius 3 is 2.24 bits per heavy atom. The first-order valence-electron chi connectivity index (χ1n) is 13.5. The summed E-state index contributed by atoms with van der Waals surface area (Å²) in [5, 5.41) is 33.2. The minimum absolute atomic E-state index is 0. The van der Waals surface area contributed by atoms with Crippen LogP contribution in [0.1, 0.15) is 77.6 Å². The average molecular weight is 503 g/mol. The first kappa shape index (κ1) is 28.1. The van der Waals surface area contributed by atoms with E-state index in [0.717, 1.165) is 63.1 Å². The molecule has 0 radical (unpaired) electrons. The van der Waals surface area contributed by atoms with Crippen molar-refractivity contribution in [2.75, 3.05) is 32.9 Å². The molecular weight excluding hydrogens is 456 g/mol. The van der Waals surface area contributed by atoms with Gasteiger partial charge in [0.05, 0.1) is 25.4 Å². The summed E-state index contributed by atoms with van der Waals surface area (Å²) < 4.78 is 6.15. The maximum atomic E-state index is 12.7. The summed E-state index contributed by atoms with van der Waals surface area (Å²) in [6.07, 6.45) is 11.0. The third-order valence-corrected chi connectivity index (χ3v) is 8.91. The van der Waals surface area contributed by atoms with Crippen LogP contribution in [0, 0.1) is 23.2 Å². The van der Waals surface area contributed by atoms with Crippen molar-refractivity contribution >= 4 is 18.3 Å². The SMILES string of the molecule is CCCCN1[C@@H](CO)[C@H](O)[C@@H](O)[C@@H]1C(=O)NCCCCCOCC12CC3CC(CC(C3)C1)C2.Cl. The van der Waals surface area contributed by atoms with Crippen molar-refractivity contribution in [3.05, 3.63) is 0 Å². The topological polar surface area (TPSA) is 102 Å². The van der Waals surface area contributed by atoms with E-state index >= 15 is 0 Å². The van der Waals surface area contributed by atoms with Gasteiger partial charge in [-0.15, -0.1) is 12.4 Å². The number of carbonyl (C=O) groups excluding carboxylic acids is 1. The first-order chi connectivity index (χ1) is 16.0. The van der Waals surface area contributed by atoms with Gasteiger partial charge in [-0.25, -0.2) is 0 Å². The average Bonchev–Trinajstić information content (AvgIpc) is 3.02. The molecule has 1 amide bonds. The Hall–Kier alpha value is -0.440. The molecule has 5 rings (SSSR count). The molecule has 5 aliphatic rings. The van der Waals surface area contributed by atoms with Crippen LogP contribution >= 0.6 is 12.4 Å². The number of likely N-dealkylation sites (tertiary alicyclic amines) is 1. The molecule has 34 heavy (non-hydrogen) atoms. The summed E-state index contributed by atoms with van der Waals surface area (Å²) in [6, 6.07) is -1.39. The van der Waals surface area contributed by atoms with Gasteiger partial charge in [0.15, 0.2) is 0 Å². The Morgan fingerprint density at radius 1 is 1.00 bits per heavy atom. The van der Waals surface area contributed by atoms with Crippen LogP contribution in [-0.4, -0.2) is 83.3 Å². The van der Waals surface area contributed by atoms with Gasteiger partial charge in [0, 0.05) is 13.2 Å². The van der Waals surface area contributed by atoms with Crippen LogP contribution in [0.15, 0.2) is 0 Å². The number of amides is 1. The number of halogens is 1. The molecule has 0 aromatic heterocycles. The maximum Gasteiger partial charge on any atom is 0.240 e. The molecule has 1 saturated heterocycles. The molecule has 1 heterocycles. The number of unbranched alkanes of at least 4 members (excludes halogenated alkanes) is 3. The second-order valence-corrected chi connectivity index (χ2v) is 11.6. The van der Waals surface area contributed by atoms with Gasteiger partial charge in [0.1, 0.15) is 12.1 Å². The van der Waals surface area contributed by atoms with E-state index in [1.165, 1.54) is 38.5 Å². The highest BCUT2D eigenvalue weighted by molar-refractivity contribution is 5.85. The molecule has 4 atom stereocenters. The molecule has 7 nitrogen and oxygen atoms in total. The van der Waals surface area contributed by atoms with Gasteiger partial charge in [-0.1, -0.05) is 13.3 Å². The summed E-state index contributed by atoms with van der Waals surface area (Å²) in [6.45, 7) is 4.66. The highest BCUT2D eigenvalue weighted by Gasteiger charge is 2.51. The predicted molar refractivity (Wildman–Crippen MR) is 134 cm³/mol. The van der Waals surface area contributed by atoms with E-state index in [1.54, 1.807) is 4.90 Å². The van der Waals surface area contributed by atoms with Crippen LogP contribution in [0.2, 0.25) is 0 Å². The van der Waals surface area contributed by atoms with Crippen LogP contribution in [0.4, 0.5) is 0 Å². The lowest BCUT2D eigenvalue weighted by Gasteiger charge is -2.56. The molecule has 8 heteroatoms. The molecule has 0 aromatic carbocycles. The Balaban J connectivity index is 0.00000324. The number of carbonyl (C=O) groups is 1. The number of ether oxygens (including phenoxy) is 1. The lowest BCUT2D eigenvalue weighted by atomic mass is 9.50. The quantitative estimate of drug-likeness (QED) is 0.289. The maximum absolute atomic E-state index is 12.7. The predicted octanol–water partition coefficient (Wildman–Crippen LogP) is 2.49. The zero-order chi connectivity index (χ0) is 23.4. The van der Waals surface area contributed by atoms with E-state index in [9.17, 15) is 20.1 Å². The van der Waals surface area contributed by atoms with E-state index in [0.29, 0.717) is 18.5 Å². The molecule has 4 saturated carbocycles. The minimum Gasteiger partial charge on any atom is -0.395 e. The largest absolute Gasteiger partial charge is 0.395 e.